The van der Waals surface area contributed by atoms with Crippen LogP contribution < -0.4 is 9.46 Å². The molecular weight excluding hydrogens is 361 g/mol. The van der Waals surface area contributed by atoms with E-state index < -0.39 is 27.0 Å². The van der Waals surface area contributed by atoms with E-state index in [1.165, 1.54) is 38.3 Å². The molecule has 26 heavy (non-hydrogen) atoms. The van der Waals surface area contributed by atoms with Crippen molar-refractivity contribution in [1.82, 2.24) is 14.9 Å². The summed E-state index contributed by atoms with van der Waals surface area (Å²) in [5.41, 5.74) is 0.447. The molecule has 1 aromatic carbocycles. The highest BCUT2D eigenvalue weighted by atomic mass is 32.2. The molecule has 1 atom stereocenters. The number of nitrogens with one attached hydrogen (secondary N) is 1. The Kier molecular flexibility index (Phi) is 4.90. The van der Waals surface area contributed by atoms with Crippen molar-refractivity contribution in [2.24, 2.45) is 0 Å². The summed E-state index contributed by atoms with van der Waals surface area (Å²) in [5, 5.41) is 6.53. The average Bonchev–Trinajstić information content (AvgIpc) is 3.45. The van der Waals surface area contributed by atoms with Crippen molar-refractivity contribution in [2.75, 3.05) is 7.11 Å². The Morgan fingerprint density at radius 3 is 2.62 bits per heavy atom. The Morgan fingerprint density at radius 2 is 2.00 bits per heavy atom. The number of ether oxygens (including phenoxy) is 1. The molecular formula is C17H18FN3O4S. The van der Waals surface area contributed by atoms with E-state index in [0.717, 1.165) is 18.9 Å². The van der Waals surface area contributed by atoms with Crippen LogP contribution in [0.15, 0.2) is 30.3 Å². The highest BCUT2D eigenvalue weighted by Crippen LogP contribution is 2.42. The topological polar surface area (TPSA) is 98.2 Å². The van der Waals surface area contributed by atoms with E-state index in [9.17, 15) is 17.6 Å². The summed E-state index contributed by atoms with van der Waals surface area (Å²) in [4.78, 5) is 12.3. The fourth-order valence-corrected chi connectivity index (χ4v) is 3.61. The number of amides is 1. The average molecular weight is 379 g/mol. The van der Waals surface area contributed by atoms with Gasteiger partial charge in [-0.15, -0.1) is 5.10 Å². The minimum atomic E-state index is -4.17. The second-order valence-electron chi connectivity index (χ2n) is 6.10. The molecule has 1 N–H and O–H groups in total. The largest absolute Gasteiger partial charge is 0.495 e. The zero-order valence-electron chi connectivity index (χ0n) is 14.3. The highest BCUT2D eigenvalue weighted by molar-refractivity contribution is 7.90. The Morgan fingerprint density at radius 1 is 1.31 bits per heavy atom. The number of nitrogens with zero attached hydrogens (tertiary/aromatic N) is 2. The molecule has 9 heteroatoms. The van der Waals surface area contributed by atoms with Gasteiger partial charge in [0.05, 0.1) is 7.11 Å². The number of rotatable bonds is 6. The first kappa shape index (κ1) is 18.2. The molecule has 1 aliphatic rings. The van der Waals surface area contributed by atoms with Gasteiger partial charge in [0.1, 0.15) is 22.5 Å². The van der Waals surface area contributed by atoms with Crippen molar-refractivity contribution in [3.05, 3.63) is 53.1 Å². The smallest absolute Gasteiger partial charge is 0.285 e. The summed E-state index contributed by atoms with van der Waals surface area (Å²) in [7, 11) is -2.72. The van der Waals surface area contributed by atoms with Crippen molar-refractivity contribution in [3.63, 3.8) is 0 Å². The van der Waals surface area contributed by atoms with Gasteiger partial charge in [-0.25, -0.2) is 17.5 Å². The van der Waals surface area contributed by atoms with E-state index >= 15 is 0 Å². The lowest BCUT2D eigenvalue weighted by molar-refractivity contribution is 0.0974. The molecule has 1 aromatic heterocycles. The van der Waals surface area contributed by atoms with Crippen LogP contribution in [0.1, 0.15) is 52.7 Å². The van der Waals surface area contributed by atoms with Gasteiger partial charge in [-0.3, -0.25) is 4.79 Å². The van der Waals surface area contributed by atoms with Gasteiger partial charge in [0, 0.05) is 17.5 Å². The van der Waals surface area contributed by atoms with Crippen molar-refractivity contribution in [1.29, 1.82) is 0 Å². The van der Waals surface area contributed by atoms with Gasteiger partial charge >= 0.3 is 0 Å². The van der Waals surface area contributed by atoms with E-state index in [-0.39, 0.29) is 17.2 Å². The van der Waals surface area contributed by atoms with Crippen molar-refractivity contribution < 1.29 is 22.3 Å². The summed E-state index contributed by atoms with van der Waals surface area (Å²) >= 11 is 0. The summed E-state index contributed by atoms with van der Waals surface area (Å²) in [5.74, 6) is -0.944. The van der Waals surface area contributed by atoms with Crippen molar-refractivity contribution >= 4 is 15.9 Å². The molecule has 3 rings (SSSR count). The van der Waals surface area contributed by atoms with E-state index in [0.29, 0.717) is 11.4 Å². The fourth-order valence-electron chi connectivity index (χ4n) is 2.54. The number of carbonyl (C=O) groups is 1. The monoisotopic (exact) mass is 379 g/mol. The van der Waals surface area contributed by atoms with Gasteiger partial charge in [-0.05, 0) is 25.8 Å². The number of sulfonamides is 1. The number of methoxy groups -OCH3 is 1. The Bertz CT molecular complexity index is 945. The standard InChI is InChI=1S/C17H18FN3O4S/c1-10(12-5-3-4-6-13(12)18)26(23,24)21-17(22)14-9-15(25-2)16(20-19-14)11-7-8-11/h3-6,9-11H,7-8H2,1-2H3,(H,21,22). The van der Waals surface area contributed by atoms with E-state index in [1.54, 1.807) is 0 Å². The summed E-state index contributed by atoms with van der Waals surface area (Å²) < 4.78 is 45.8. The molecule has 0 aliphatic heterocycles. The van der Waals surface area contributed by atoms with Crippen molar-refractivity contribution in [3.8, 4) is 5.75 Å². The third kappa shape index (κ3) is 3.67. The molecule has 2 aromatic rings. The predicted octanol–water partition coefficient (Wildman–Crippen LogP) is 2.32. The molecule has 1 saturated carbocycles. The molecule has 138 valence electrons. The lowest BCUT2D eigenvalue weighted by Crippen LogP contribution is -2.34. The SMILES string of the molecule is COc1cc(C(=O)NS(=O)(=O)C(C)c2ccccc2F)nnc1C1CC1. The molecule has 0 bridgehead atoms. The van der Waals surface area contributed by atoms with Gasteiger partial charge in [0.25, 0.3) is 5.91 Å². The van der Waals surface area contributed by atoms with Gasteiger partial charge < -0.3 is 4.74 Å². The number of halogens is 1. The van der Waals surface area contributed by atoms with Crippen LogP contribution in [-0.4, -0.2) is 31.6 Å². The van der Waals surface area contributed by atoms with Crippen LogP contribution in [0, 0.1) is 5.82 Å². The third-order valence-electron chi connectivity index (χ3n) is 4.25. The molecule has 1 amide bonds. The van der Waals surface area contributed by atoms with Crippen LogP contribution in [0.3, 0.4) is 0 Å². The van der Waals surface area contributed by atoms with E-state index in [2.05, 4.69) is 10.2 Å². The molecule has 1 unspecified atom stereocenters. The molecule has 1 aliphatic carbocycles. The van der Waals surface area contributed by atoms with Gasteiger partial charge in [0.15, 0.2) is 5.69 Å². The van der Waals surface area contributed by atoms with Crippen molar-refractivity contribution in [2.45, 2.75) is 30.9 Å². The molecule has 1 heterocycles. The third-order valence-corrected chi connectivity index (χ3v) is 5.90. The van der Waals surface area contributed by atoms with Gasteiger partial charge in [-0.2, -0.15) is 5.10 Å². The van der Waals surface area contributed by atoms with Crippen LogP contribution in [0.4, 0.5) is 4.39 Å². The number of benzene rings is 1. The molecule has 0 saturated heterocycles. The molecule has 0 spiro atoms. The molecule has 7 nitrogen and oxygen atoms in total. The zero-order chi connectivity index (χ0) is 18.9. The number of hydrogen-bond donors (Lipinski definition) is 1. The van der Waals surface area contributed by atoms with E-state index in [4.69, 9.17) is 4.74 Å². The maximum Gasteiger partial charge on any atom is 0.285 e. The van der Waals surface area contributed by atoms with E-state index in [1.807, 2.05) is 4.72 Å². The normalized spacial score (nSPS) is 15.3. The number of aromatic nitrogens is 2. The lowest BCUT2D eigenvalue weighted by Gasteiger charge is -2.15. The molecule has 0 radical (unpaired) electrons. The van der Waals surface area contributed by atoms with Crippen LogP contribution in [0.25, 0.3) is 0 Å². The fraction of sp³-hybridized carbons (Fsp3) is 0.353. The highest BCUT2D eigenvalue weighted by Gasteiger charge is 2.31. The maximum atomic E-state index is 13.8. The Balaban J connectivity index is 1.81. The first-order chi connectivity index (χ1) is 12.3. The summed E-state index contributed by atoms with van der Waals surface area (Å²) in [6, 6.07) is 6.87. The van der Waals surface area contributed by atoms with Crippen LogP contribution in [0.5, 0.6) is 5.75 Å². The van der Waals surface area contributed by atoms with Crippen LogP contribution in [-0.2, 0) is 10.0 Å². The minimum Gasteiger partial charge on any atom is -0.495 e. The number of carbonyl (C=O) groups excluding carboxylic acids is 1. The first-order valence-electron chi connectivity index (χ1n) is 8.05. The zero-order valence-corrected chi connectivity index (χ0v) is 15.1. The van der Waals surface area contributed by atoms with Crippen LogP contribution >= 0.6 is 0 Å². The Hall–Kier alpha value is -2.55. The predicted molar refractivity (Wildman–Crippen MR) is 91.8 cm³/mol. The lowest BCUT2D eigenvalue weighted by atomic mass is 10.1. The quantitative estimate of drug-likeness (QED) is 0.827. The number of hydrogen-bond acceptors (Lipinski definition) is 6. The molecule has 1 fully saturated rings. The summed E-state index contributed by atoms with van der Waals surface area (Å²) in [6.07, 6.45) is 1.95. The second-order valence-corrected chi connectivity index (χ2v) is 8.10. The minimum absolute atomic E-state index is 0.0273. The van der Waals surface area contributed by atoms with Gasteiger partial charge in [0.2, 0.25) is 10.0 Å². The first-order valence-corrected chi connectivity index (χ1v) is 9.60. The Labute approximate surface area is 150 Å². The second kappa shape index (κ2) is 6.99. The summed E-state index contributed by atoms with van der Waals surface area (Å²) in [6.45, 7) is 1.30. The van der Waals surface area contributed by atoms with Crippen LogP contribution in [0.2, 0.25) is 0 Å². The van der Waals surface area contributed by atoms with Gasteiger partial charge in [-0.1, -0.05) is 18.2 Å². The maximum absolute atomic E-state index is 13.8.